The van der Waals surface area contributed by atoms with Crippen molar-refractivity contribution in [3.05, 3.63) is 45.6 Å². The van der Waals surface area contributed by atoms with Crippen LogP contribution in [0.2, 0.25) is 0 Å². The van der Waals surface area contributed by atoms with Crippen molar-refractivity contribution in [3.8, 4) is 0 Å². The molecule has 1 heterocycles. The molecular formula is C12H13N3O2S2. The maximum Gasteiger partial charge on any atom is 0.272 e. The first kappa shape index (κ1) is 13.8. The molecule has 0 atom stereocenters. The summed E-state index contributed by atoms with van der Waals surface area (Å²) in [6.07, 6.45) is 0.652. The lowest BCUT2D eigenvalue weighted by Crippen LogP contribution is -1.96. The Morgan fingerprint density at radius 2 is 2.21 bits per heavy atom. The van der Waals surface area contributed by atoms with E-state index in [0.717, 1.165) is 21.2 Å². The van der Waals surface area contributed by atoms with Crippen molar-refractivity contribution in [3.63, 3.8) is 0 Å². The molecule has 0 fully saturated rings. The van der Waals surface area contributed by atoms with Crippen molar-refractivity contribution < 1.29 is 4.92 Å². The third-order valence-corrected chi connectivity index (χ3v) is 4.91. The Balaban J connectivity index is 2.00. The highest BCUT2D eigenvalue weighted by Gasteiger charge is 2.12. The highest BCUT2D eigenvalue weighted by atomic mass is 32.2. The fourth-order valence-electron chi connectivity index (χ4n) is 1.69. The summed E-state index contributed by atoms with van der Waals surface area (Å²) in [5, 5.41) is 11.4. The highest BCUT2D eigenvalue weighted by Crippen LogP contribution is 2.31. The minimum atomic E-state index is -0.337. The van der Waals surface area contributed by atoms with E-state index < -0.39 is 0 Å². The number of aryl methyl sites for hydroxylation is 2. The number of nitro benzene ring substituents is 1. The molecule has 5 nitrogen and oxygen atoms in total. The van der Waals surface area contributed by atoms with Gasteiger partial charge in [-0.2, -0.15) is 0 Å². The molecule has 0 aliphatic carbocycles. The number of nitrogens with two attached hydrogens (primary N) is 1. The second-order valence-corrected chi connectivity index (χ2v) is 6.30. The van der Waals surface area contributed by atoms with Gasteiger partial charge in [0.05, 0.1) is 14.8 Å². The summed E-state index contributed by atoms with van der Waals surface area (Å²) >= 11 is 3.09. The number of aromatic nitrogens is 1. The maximum absolute atomic E-state index is 10.9. The molecule has 1 aromatic carbocycles. The Morgan fingerprint density at radius 1 is 1.47 bits per heavy atom. The van der Waals surface area contributed by atoms with Gasteiger partial charge in [0.15, 0.2) is 5.13 Å². The Bertz CT molecular complexity index is 598. The van der Waals surface area contributed by atoms with Crippen molar-refractivity contribution in [1.82, 2.24) is 4.98 Å². The Morgan fingerprint density at radius 3 is 2.84 bits per heavy atom. The van der Waals surface area contributed by atoms with Crippen LogP contribution < -0.4 is 5.73 Å². The van der Waals surface area contributed by atoms with Crippen LogP contribution >= 0.6 is 23.1 Å². The van der Waals surface area contributed by atoms with Gasteiger partial charge in [-0.3, -0.25) is 10.1 Å². The molecule has 0 amide bonds. The van der Waals surface area contributed by atoms with Gasteiger partial charge in [0, 0.05) is 17.4 Å². The second kappa shape index (κ2) is 6.03. The zero-order chi connectivity index (χ0) is 13.8. The van der Waals surface area contributed by atoms with Crippen LogP contribution in [0.1, 0.15) is 11.3 Å². The van der Waals surface area contributed by atoms with Crippen LogP contribution in [0.4, 0.5) is 10.8 Å². The average Bonchev–Trinajstić information content (AvgIpc) is 2.68. The van der Waals surface area contributed by atoms with Crippen LogP contribution in [0, 0.1) is 17.0 Å². The lowest BCUT2D eigenvalue weighted by atomic mass is 10.1. The lowest BCUT2D eigenvalue weighted by molar-refractivity contribution is -0.385. The number of rotatable bonds is 5. The van der Waals surface area contributed by atoms with E-state index in [1.54, 1.807) is 23.9 Å². The van der Waals surface area contributed by atoms with E-state index in [2.05, 4.69) is 4.98 Å². The number of benzene rings is 1. The fourth-order valence-corrected chi connectivity index (χ4v) is 3.76. The van der Waals surface area contributed by atoms with Gasteiger partial charge in [-0.15, -0.1) is 11.8 Å². The first-order valence-corrected chi connectivity index (χ1v) is 7.46. The molecule has 0 unspecified atom stereocenters. The first-order valence-electron chi connectivity index (χ1n) is 5.66. The third kappa shape index (κ3) is 3.45. The normalized spacial score (nSPS) is 10.6. The molecular weight excluding hydrogens is 282 g/mol. The zero-order valence-electron chi connectivity index (χ0n) is 10.3. The maximum atomic E-state index is 10.9. The van der Waals surface area contributed by atoms with E-state index in [0.29, 0.717) is 11.6 Å². The molecule has 0 radical (unpaired) electrons. The molecule has 7 heteroatoms. The number of nitrogens with zero attached hydrogens (tertiary/aromatic N) is 2. The number of nitrogen functional groups attached to an aromatic ring is 1. The Hall–Kier alpha value is -1.60. The van der Waals surface area contributed by atoms with E-state index in [1.165, 1.54) is 17.4 Å². The van der Waals surface area contributed by atoms with Gasteiger partial charge in [0.1, 0.15) is 0 Å². The Labute approximate surface area is 119 Å². The average molecular weight is 295 g/mol. The molecule has 0 aliphatic heterocycles. The molecule has 19 heavy (non-hydrogen) atoms. The SMILES string of the molecule is Cc1nc(N)sc1SCCc1ccccc1[N+](=O)[O-]. The standard InChI is InChI=1S/C12H13N3O2S2/c1-8-11(19-12(13)14-8)18-7-6-9-4-2-3-5-10(9)15(16)17/h2-5H,6-7H2,1H3,(H2,13,14). The molecule has 2 N–H and O–H groups in total. The van der Waals surface area contributed by atoms with Crippen molar-refractivity contribution in [2.75, 3.05) is 11.5 Å². The van der Waals surface area contributed by atoms with E-state index in [-0.39, 0.29) is 10.6 Å². The molecule has 1 aromatic heterocycles. The number of hydrogen-bond acceptors (Lipinski definition) is 6. The predicted molar refractivity (Wildman–Crippen MR) is 78.8 cm³/mol. The largest absolute Gasteiger partial charge is 0.375 e. The van der Waals surface area contributed by atoms with E-state index in [9.17, 15) is 10.1 Å². The summed E-state index contributed by atoms with van der Waals surface area (Å²) in [6, 6.07) is 6.84. The van der Waals surface area contributed by atoms with E-state index in [1.807, 2.05) is 13.0 Å². The van der Waals surface area contributed by atoms with Gasteiger partial charge in [-0.1, -0.05) is 29.5 Å². The number of thiazole rings is 1. The van der Waals surface area contributed by atoms with Crippen molar-refractivity contribution in [2.45, 2.75) is 17.6 Å². The van der Waals surface area contributed by atoms with E-state index in [4.69, 9.17) is 5.73 Å². The molecule has 0 aliphatic rings. The van der Waals surface area contributed by atoms with Crippen molar-refractivity contribution in [2.24, 2.45) is 0 Å². The summed E-state index contributed by atoms with van der Waals surface area (Å²) in [5.41, 5.74) is 7.50. The molecule has 0 saturated carbocycles. The topological polar surface area (TPSA) is 82.0 Å². The van der Waals surface area contributed by atoms with Crippen molar-refractivity contribution in [1.29, 1.82) is 0 Å². The van der Waals surface area contributed by atoms with Crippen LogP contribution in [-0.4, -0.2) is 15.7 Å². The highest BCUT2D eigenvalue weighted by molar-refractivity contribution is 8.01. The summed E-state index contributed by atoms with van der Waals surface area (Å²) in [6.45, 7) is 1.92. The minimum absolute atomic E-state index is 0.184. The van der Waals surface area contributed by atoms with Gasteiger partial charge < -0.3 is 5.73 Å². The quantitative estimate of drug-likeness (QED) is 0.520. The number of nitro groups is 1. The second-order valence-electron chi connectivity index (χ2n) is 3.91. The Kier molecular flexibility index (Phi) is 4.39. The van der Waals surface area contributed by atoms with Gasteiger partial charge in [-0.25, -0.2) is 4.98 Å². The summed E-state index contributed by atoms with van der Waals surface area (Å²) in [5.74, 6) is 0.771. The van der Waals surface area contributed by atoms with Crippen LogP contribution in [0.5, 0.6) is 0 Å². The smallest absolute Gasteiger partial charge is 0.272 e. The lowest BCUT2D eigenvalue weighted by Gasteiger charge is -2.02. The molecule has 0 saturated heterocycles. The van der Waals surface area contributed by atoms with Gasteiger partial charge in [0.25, 0.3) is 5.69 Å². The van der Waals surface area contributed by atoms with Crippen molar-refractivity contribution >= 4 is 33.9 Å². The summed E-state index contributed by atoms with van der Waals surface area (Å²) in [4.78, 5) is 14.7. The number of hydrogen-bond donors (Lipinski definition) is 1. The fraction of sp³-hybridized carbons (Fsp3) is 0.250. The number of thioether (sulfide) groups is 1. The molecule has 0 spiro atoms. The molecule has 0 bridgehead atoms. The van der Waals surface area contributed by atoms with Crippen LogP contribution in [0.15, 0.2) is 28.5 Å². The zero-order valence-corrected chi connectivity index (χ0v) is 12.0. The van der Waals surface area contributed by atoms with Gasteiger partial charge >= 0.3 is 0 Å². The van der Waals surface area contributed by atoms with Gasteiger partial charge in [0.2, 0.25) is 0 Å². The van der Waals surface area contributed by atoms with Crippen LogP contribution in [-0.2, 0) is 6.42 Å². The predicted octanol–water partition coefficient (Wildman–Crippen LogP) is 3.28. The monoisotopic (exact) mass is 295 g/mol. The molecule has 100 valence electrons. The minimum Gasteiger partial charge on any atom is -0.375 e. The summed E-state index contributed by atoms with van der Waals surface area (Å²) in [7, 11) is 0. The van der Waals surface area contributed by atoms with E-state index >= 15 is 0 Å². The van der Waals surface area contributed by atoms with Crippen LogP contribution in [0.3, 0.4) is 0 Å². The third-order valence-electron chi connectivity index (χ3n) is 2.56. The summed E-state index contributed by atoms with van der Waals surface area (Å²) < 4.78 is 1.08. The first-order chi connectivity index (χ1) is 9.08. The molecule has 2 aromatic rings. The van der Waals surface area contributed by atoms with Crippen LogP contribution in [0.25, 0.3) is 0 Å². The molecule has 2 rings (SSSR count). The van der Waals surface area contributed by atoms with Gasteiger partial charge in [-0.05, 0) is 13.3 Å². The number of anilines is 1. The number of para-hydroxylation sites is 1.